The Morgan fingerprint density at radius 1 is 1.16 bits per heavy atom. The number of ether oxygens (including phenoxy) is 2. The minimum absolute atomic E-state index is 0.159. The van der Waals surface area contributed by atoms with Gasteiger partial charge in [0.15, 0.2) is 0 Å². The summed E-state index contributed by atoms with van der Waals surface area (Å²) in [7, 11) is 0. The average Bonchev–Trinajstić information content (AvgIpc) is 3.16. The lowest BCUT2D eigenvalue weighted by atomic mass is 9.48. The van der Waals surface area contributed by atoms with Gasteiger partial charge in [-0.25, -0.2) is 9.59 Å². The number of aliphatic hydroxyl groups is 1. The third kappa shape index (κ3) is 4.40. The number of hydrogen-bond acceptors (Lipinski definition) is 6. The van der Waals surface area contributed by atoms with Crippen molar-refractivity contribution in [3.8, 4) is 0 Å². The van der Waals surface area contributed by atoms with Crippen molar-refractivity contribution in [2.24, 2.45) is 28.9 Å². The van der Waals surface area contributed by atoms with Gasteiger partial charge in [-0.05, 0) is 77.0 Å². The number of likely N-dealkylation sites (tertiary alicyclic amines) is 1. The first-order chi connectivity index (χ1) is 15.0. The number of carbonyl (C=O) groups is 3. The van der Waals surface area contributed by atoms with Crippen LogP contribution in [0, 0.1) is 23.2 Å². The summed E-state index contributed by atoms with van der Waals surface area (Å²) in [6, 6.07) is -0.221. The maximum absolute atomic E-state index is 13.0. The molecule has 3 unspecified atom stereocenters. The number of nitrogens with two attached hydrogens (primary N) is 1. The fourth-order valence-corrected chi connectivity index (χ4v) is 6.68. The molecule has 4 saturated carbocycles. The van der Waals surface area contributed by atoms with Crippen molar-refractivity contribution in [2.45, 2.75) is 77.0 Å². The average molecular weight is 452 g/mol. The van der Waals surface area contributed by atoms with E-state index < -0.39 is 17.1 Å². The van der Waals surface area contributed by atoms with Gasteiger partial charge in [-0.15, -0.1) is 0 Å². The summed E-state index contributed by atoms with van der Waals surface area (Å²) in [6.07, 6.45) is 3.93. The van der Waals surface area contributed by atoms with Crippen LogP contribution < -0.4 is 5.73 Å². The number of hydrogen-bond donors (Lipinski definition) is 2. The van der Waals surface area contributed by atoms with Gasteiger partial charge >= 0.3 is 12.2 Å². The summed E-state index contributed by atoms with van der Waals surface area (Å²) in [5.74, 6) is 0.703. The van der Waals surface area contributed by atoms with Crippen molar-refractivity contribution in [3.05, 3.63) is 0 Å². The summed E-state index contributed by atoms with van der Waals surface area (Å²) in [5, 5.41) is 9.42. The van der Waals surface area contributed by atoms with Crippen LogP contribution in [0.2, 0.25) is 0 Å². The molecule has 0 spiro atoms. The number of amides is 3. The van der Waals surface area contributed by atoms with Crippen LogP contribution >= 0.6 is 0 Å². The molecule has 9 nitrogen and oxygen atoms in total. The van der Waals surface area contributed by atoms with Crippen molar-refractivity contribution < 1.29 is 29.0 Å². The Morgan fingerprint density at radius 3 is 2.38 bits per heavy atom. The van der Waals surface area contributed by atoms with Gasteiger partial charge < -0.3 is 30.1 Å². The number of nitrogens with zero attached hydrogens (tertiary/aromatic N) is 2. The van der Waals surface area contributed by atoms with Crippen LogP contribution in [0.1, 0.15) is 59.3 Å². The SMILES string of the molecule is CC(C)(C)OC(=O)N(CCO)C1CCN(C(=O)OC2C3CC4CC2CC(C(N)=O)(C4)C3)C1. The number of carbonyl (C=O) groups excluding carboxylic acids is 3. The molecule has 5 fully saturated rings. The zero-order valence-electron chi connectivity index (χ0n) is 19.4. The predicted molar refractivity (Wildman–Crippen MR) is 115 cm³/mol. The highest BCUT2D eigenvalue weighted by atomic mass is 16.6. The van der Waals surface area contributed by atoms with E-state index in [1.165, 1.54) is 4.90 Å². The Labute approximate surface area is 189 Å². The summed E-state index contributed by atoms with van der Waals surface area (Å²) in [5.41, 5.74) is 4.71. The Hall–Kier alpha value is -2.03. The second kappa shape index (κ2) is 8.39. The van der Waals surface area contributed by atoms with Gasteiger partial charge in [0.1, 0.15) is 11.7 Å². The molecule has 5 aliphatic rings. The summed E-state index contributed by atoms with van der Waals surface area (Å²) >= 11 is 0. The highest BCUT2D eigenvalue weighted by Crippen LogP contribution is 2.60. The summed E-state index contributed by atoms with van der Waals surface area (Å²) in [4.78, 5) is 40.9. The Kier molecular flexibility index (Phi) is 6.07. The largest absolute Gasteiger partial charge is 0.446 e. The lowest BCUT2D eigenvalue weighted by Crippen LogP contribution is -2.59. The second-order valence-corrected chi connectivity index (χ2v) is 11.2. The van der Waals surface area contributed by atoms with E-state index in [4.69, 9.17) is 15.2 Å². The number of rotatable bonds is 5. The third-order valence-electron chi connectivity index (χ3n) is 7.78. The Balaban J connectivity index is 1.36. The fraction of sp³-hybridized carbons (Fsp3) is 0.870. The van der Waals surface area contributed by atoms with Crippen LogP contribution in [0.15, 0.2) is 0 Å². The van der Waals surface area contributed by atoms with Gasteiger partial charge in [-0.3, -0.25) is 4.79 Å². The van der Waals surface area contributed by atoms with Crippen molar-refractivity contribution >= 4 is 18.1 Å². The van der Waals surface area contributed by atoms with Gasteiger partial charge in [0.25, 0.3) is 0 Å². The standard InChI is InChI=1S/C23H37N3O6/c1-22(2,3)32-21(30)26(6-7-27)17-4-5-25(13-17)20(29)31-18-15-8-14-9-16(18)12-23(10-14,11-15)19(24)28/h14-18,27H,4-13H2,1-3H3,(H2,24,28). The zero-order valence-corrected chi connectivity index (χ0v) is 19.4. The zero-order chi connectivity index (χ0) is 23.3. The monoisotopic (exact) mass is 451 g/mol. The van der Waals surface area contributed by atoms with Crippen LogP contribution in [0.4, 0.5) is 9.59 Å². The van der Waals surface area contributed by atoms with E-state index in [2.05, 4.69) is 0 Å². The first-order valence-electron chi connectivity index (χ1n) is 11.9. The minimum Gasteiger partial charge on any atom is -0.446 e. The molecule has 180 valence electrons. The molecule has 0 aromatic rings. The molecule has 1 aliphatic heterocycles. The van der Waals surface area contributed by atoms with Crippen LogP contribution in [0.25, 0.3) is 0 Å². The van der Waals surface area contributed by atoms with Crippen LogP contribution in [0.3, 0.4) is 0 Å². The molecule has 9 heteroatoms. The maximum Gasteiger partial charge on any atom is 0.410 e. The first kappa shape index (κ1) is 23.1. The molecule has 4 aliphatic carbocycles. The molecule has 3 amide bonds. The van der Waals surface area contributed by atoms with Gasteiger partial charge in [0.05, 0.1) is 18.1 Å². The Morgan fingerprint density at radius 2 is 1.81 bits per heavy atom. The molecule has 5 rings (SSSR count). The third-order valence-corrected chi connectivity index (χ3v) is 7.78. The molecule has 32 heavy (non-hydrogen) atoms. The highest BCUT2D eigenvalue weighted by Gasteiger charge is 2.59. The van der Waals surface area contributed by atoms with E-state index in [1.54, 1.807) is 25.7 Å². The molecule has 0 aromatic carbocycles. The van der Waals surface area contributed by atoms with Crippen molar-refractivity contribution in [2.75, 3.05) is 26.2 Å². The normalized spacial score (nSPS) is 35.6. The quantitative estimate of drug-likeness (QED) is 0.660. The molecule has 1 heterocycles. The smallest absolute Gasteiger partial charge is 0.410 e. The van der Waals surface area contributed by atoms with Crippen molar-refractivity contribution in [1.82, 2.24) is 9.80 Å². The first-order valence-corrected chi connectivity index (χ1v) is 11.9. The van der Waals surface area contributed by atoms with Gasteiger partial charge in [0.2, 0.25) is 5.91 Å². The van der Waals surface area contributed by atoms with E-state index in [1.807, 2.05) is 0 Å². The fourth-order valence-electron chi connectivity index (χ4n) is 6.68. The second-order valence-electron chi connectivity index (χ2n) is 11.2. The van der Waals surface area contributed by atoms with E-state index in [-0.39, 0.29) is 49.1 Å². The lowest BCUT2D eigenvalue weighted by Gasteiger charge is -2.58. The lowest BCUT2D eigenvalue weighted by molar-refractivity contribution is -0.161. The van der Waals surface area contributed by atoms with E-state index in [0.717, 1.165) is 32.1 Å². The molecule has 0 aromatic heterocycles. The summed E-state index contributed by atoms with van der Waals surface area (Å²) in [6.45, 7) is 6.23. The topological polar surface area (TPSA) is 122 Å². The van der Waals surface area contributed by atoms with Crippen molar-refractivity contribution in [3.63, 3.8) is 0 Å². The molecular formula is C23H37N3O6. The summed E-state index contributed by atoms with van der Waals surface area (Å²) < 4.78 is 11.5. The van der Waals surface area contributed by atoms with E-state index >= 15 is 0 Å². The van der Waals surface area contributed by atoms with Crippen LogP contribution in [0.5, 0.6) is 0 Å². The van der Waals surface area contributed by atoms with E-state index in [9.17, 15) is 19.5 Å². The molecule has 3 N–H and O–H groups in total. The number of aliphatic hydroxyl groups excluding tert-OH is 1. The predicted octanol–water partition coefficient (Wildman–Crippen LogP) is 2.11. The molecular weight excluding hydrogens is 414 g/mol. The molecule has 4 bridgehead atoms. The highest BCUT2D eigenvalue weighted by molar-refractivity contribution is 5.81. The Bertz CT molecular complexity index is 749. The molecule has 1 saturated heterocycles. The van der Waals surface area contributed by atoms with Crippen molar-refractivity contribution in [1.29, 1.82) is 0 Å². The van der Waals surface area contributed by atoms with Crippen LogP contribution in [-0.2, 0) is 14.3 Å². The minimum atomic E-state index is -0.635. The maximum atomic E-state index is 13.0. The van der Waals surface area contributed by atoms with Crippen LogP contribution in [-0.4, -0.2) is 77.0 Å². The van der Waals surface area contributed by atoms with E-state index in [0.29, 0.717) is 25.4 Å². The number of primary amides is 1. The van der Waals surface area contributed by atoms with Gasteiger partial charge in [-0.1, -0.05) is 0 Å². The molecule has 3 atom stereocenters. The van der Waals surface area contributed by atoms with Gasteiger partial charge in [-0.2, -0.15) is 0 Å². The van der Waals surface area contributed by atoms with Gasteiger partial charge in [0, 0.05) is 19.6 Å². The molecule has 0 radical (unpaired) electrons.